The first-order valence-electron chi connectivity index (χ1n) is 6.60. The van der Waals surface area contributed by atoms with Gasteiger partial charge in [0.05, 0.1) is 0 Å². The largest absolute Gasteiger partial charge is 0.485 e. The number of nitrogens with zero attached hydrogens (tertiary/aromatic N) is 3. The highest BCUT2D eigenvalue weighted by atomic mass is 35.5. The van der Waals surface area contributed by atoms with Crippen molar-refractivity contribution in [3.8, 4) is 5.75 Å². The van der Waals surface area contributed by atoms with E-state index in [1.54, 1.807) is 6.33 Å². The Morgan fingerprint density at radius 3 is 2.90 bits per heavy atom. The number of aromatic nitrogens is 3. The molecule has 1 unspecified atom stereocenters. The van der Waals surface area contributed by atoms with E-state index >= 15 is 0 Å². The second kappa shape index (κ2) is 6.72. The summed E-state index contributed by atoms with van der Waals surface area (Å²) in [6.45, 7) is 5.42. The molecule has 5 nitrogen and oxygen atoms in total. The van der Waals surface area contributed by atoms with Gasteiger partial charge in [-0.3, -0.25) is 0 Å². The van der Waals surface area contributed by atoms with Crippen LogP contribution in [0.3, 0.4) is 0 Å². The summed E-state index contributed by atoms with van der Waals surface area (Å²) in [5.74, 6) is 1.59. The minimum atomic E-state index is 0.174. The van der Waals surface area contributed by atoms with E-state index in [9.17, 15) is 0 Å². The fraction of sp³-hybridized carbons (Fsp3) is 0.429. The van der Waals surface area contributed by atoms with E-state index in [0.717, 1.165) is 23.7 Å². The van der Waals surface area contributed by atoms with E-state index in [2.05, 4.69) is 29.4 Å². The van der Waals surface area contributed by atoms with Gasteiger partial charge >= 0.3 is 0 Å². The van der Waals surface area contributed by atoms with Crippen LogP contribution >= 0.6 is 11.6 Å². The summed E-state index contributed by atoms with van der Waals surface area (Å²) in [6, 6.07) is 5.83. The molecule has 0 saturated heterocycles. The van der Waals surface area contributed by atoms with Gasteiger partial charge in [-0.15, -0.1) is 10.2 Å². The molecule has 1 atom stereocenters. The average molecular weight is 295 g/mol. The monoisotopic (exact) mass is 294 g/mol. The molecule has 2 rings (SSSR count). The SMILES string of the molecule is CCNC(C)c1cc(Cl)ccc1OCc1nncn1C. The van der Waals surface area contributed by atoms with Gasteiger partial charge in [0.15, 0.2) is 5.82 Å². The average Bonchev–Trinajstić information content (AvgIpc) is 2.83. The zero-order valence-electron chi connectivity index (χ0n) is 11.9. The molecule has 1 aromatic heterocycles. The summed E-state index contributed by atoms with van der Waals surface area (Å²) in [5, 5.41) is 11.9. The van der Waals surface area contributed by atoms with Crippen LogP contribution < -0.4 is 10.1 Å². The van der Waals surface area contributed by atoms with Gasteiger partial charge in [-0.2, -0.15) is 0 Å². The van der Waals surface area contributed by atoms with E-state index < -0.39 is 0 Å². The van der Waals surface area contributed by atoms with Crippen molar-refractivity contribution in [3.63, 3.8) is 0 Å². The molecule has 0 bridgehead atoms. The second-order valence-corrected chi connectivity index (χ2v) is 5.04. The fourth-order valence-corrected chi connectivity index (χ4v) is 2.17. The van der Waals surface area contributed by atoms with E-state index in [4.69, 9.17) is 16.3 Å². The predicted molar refractivity (Wildman–Crippen MR) is 78.9 cm³/mol. The van der Waals surface area contributed by atoms with Crippen molar-refractivity contribution in [2.45, 2.75) is 26.5 Å². The molecule has 6 heteroatoms. The van der Waals surface area contributed by atoms with Crippen LogP contribution in [0.4, 0.5) is 0 Å². The van der Waals surface area contributed by atoms with Gasteiger partial charge in [0, 0.05) is 23.7 Å². The predicted octanol–water partition coefficient (Wildman–Crippen LogP) is 2.72. The van der Waals surface area contributed by atoms with Gasteiger partial charge in [-0.05, 0) is 31.7 Å². The van der Waals surface area contributed by atoms with Gasteiger partial charge in [-0.25, -0.2) is 0 Å². The third-order valence-corrected chi connectivity index (χ3v) is 3.35. The highest BCUT2D eigenvalue weighted by Gasteiger charge is 2.12. The molecule has 20 heavy (non-hydrogen) atoms. The molecule has 0 spiro atoms. The number of nitrogens with one attached hydrogen (secondary N) is 1. The molecular formula is C14H19ClN4O. The van der Waals surface area contributed by atoms with Crippen LogP contribution in [0.1, 0.15) is 31.3 Å². The first-order chi connectivity index (χ1) is 9.61. The van der Waals surface area contributed by atoms with Gasteiger partial charge in [-0.1, -0.05) is 18.5 Å². The Balaban J connectivity index is 2.16. The Labute approximate surface area is 123 Å². The molecular weight excluding hydrogens is 276 g/mol. The second-order valence-electron chi connectivity index (χ2n) is 4.61. The lowest BCUT2D eigenvalue weighted by atomic mass is 10.1. The maximum Gasteiger partial charge on any atom is 0.170 e. The van der Waals surface area contributed by atoms with Crippen LogP contribution in [0.2, 0.25) is 5.02 Å². The fourth-order valence-electron chi connectivity index (χ4n) is 1.99. The zero-order chi connectivity index (χ0) is 14.5. The van der Waals surface area contributed by atoms with Crippen molar-refractivity contribution in [2.24, 2.45) is 7.05 Å². The number of rotatable bonds is 6. The normalized spacial score (nSPS) is 12.4. The first kappa shape index (κ1) is 14.8. The smallest absolute Gasteiger partial charge is 0.170 e. The molecule has 0 radical (unpaired) electrons. The van der Waals surface area contributed by atoms with Crippen molar-refractivity contribution >= 4 is 11.6 Å². The van der Waals surface area contributed by atoms with Crippen LogP contribution in [0.5, 0.6) is 5.75 Å². The molecule has 108 valence electrons. The molecule has 1 N–H and O–H groups in total. The van der Waals surface area contributed by atoms with Gasteiger partial charge in [0.1, 0.15) is 18.7 Å². The molecule has 0 aliphatic rings. The van der Waals surface area contributed by atoms with Gasteiger partial charge in [0.25, 0.3) is 0 Å². The number of aryl methyl sites for hydroxylation is 1. The number of benzene rings is 1. The Morgan fingerprint density at radius 2 is 2.25 bits per heavy atom. The van der Waals surface area contributed by atoms with Crippen molar-refractivity contribution in [1.82, 2.24) is 20.1 Å². The molecule has 1 heterocycles. The summed E-state index contributed by atoms with van der Waals surface area (Å²) in [5.41, 5.74) is 1.04. The van der Waals surface area contributed by atoms with Crippen molar-refractivity contribution in [3.05, 3.63) is 40.9 Å². The number of halogens is 1. The maximum atomic E-state index is 6.08. The van der Waals surface area contributed by atoms with Crippen LogP contribution in [-0.4, -0.2) is 21.3 Å². The topological polar surface area (TPSA) is 52.0 Å². The van der Waals surface area contributed by atoms with Crippen molar-refractivity contribution < 1.29 is 4.74 Å². The molecule has 0 aliphatic heterocycles. The quantitative estimate of drug-likeness (QED) is 0.890. The third kappa shape index (κ3) is 3.49. The molecule has 0 fully saturated rings. The highest BCUT2D eigenvalue weighted by Crippen LogP contribution is 2.28. The maximum absolute atomic E-state index is 6.08. The minimum absolute atomic E-state index is 0.174. The summed E-state index contributed by atoms with van der Waals surface area (Å²) in [7, 11) is 1.89. The molecule has 0 saturated carbocycles. The molecule has 2 aromatic rings. The summed E-state index contributed by atoms with van der Waals surface area (Å²) in [6.07, 6.45) is 1.66. The number of hydrogen-bond donors (Lipinski definition) is 1. The third-order valence-electron chi connectivity index (χ3n) is 3.11. The van der Waals surface area contributed by atoms with E-state index in [0.29, 0.717) is 11.6 Å². The number of hydrogen-bond acceptors (Lipinski definition) is 4. The number of ether oxygens (including phenoxy) is 1. The molecule has 0 aliphatic carbocycles. The minimum Gasteiger partial charge on any atom is -0.485 e. The Kier molecular flexibility index (Phi) is 4.98. The van der Waals surface area contributed by atoms with E-state index in [1.165, 1.54) is 0 Å². The van der Waals surface area contributed by atoms with Crippen LogP contribution in [0, 0.1) is 0 Å². The molecule has 1 aromatic carbocycles. The highest BCUT2D eigenvalue weighted by molar-refractivity contribution is 6.30. The Hall–Kier alpha value is -1.59. The van der Waals surface area contributed by atoms with Crippen LogP contribution in [0.15, 0.2) is 24.5 Å². The summed E-state index contributed by atoms with van der Waals surface area (Å²) >= 11 is 6.08. The zero-order valence-corrected chi connectivity index (χ0v) is 12.7. The Morgan fingerprint density at radius 1 is 1.45 bits per heavy atom. The van der Waals surface area contributed by atoms with E-state index in [1.807, 2.05) is 29.8 Å². The van der Waals surface area contributed by atoms with Crippen molar-refractivity contribution in [1.29, 1.82) is 0 Å². The lowest BCUT2D eigenvalue weighted by molar-refractivity contribution is 0.285. The molecule has 0 amide bonds. The summed E-state index contributed by atoms with van der Waals surface area (Å²) in [4.78, 5) is 0. The van der Waals surface area contributed by atoms with Crippen molar-refractivity contribution in [2.75, 3.05) is 6.54 Å². The first-order valence-corrected chi connectivity index (χ1v) is 6.98. The standard InChI is InChI=1S/C14H19ClN4O/c1-4-16-10(2)12-7-11(15)5-6-13(12)20-8-14-18-17-9-19(14)3/h5-7,9-10,16H,4,8H2,1-3H3. The van der Waals surface area contributed by atoms with Gasteiger partial charge in [0.2, 0.25) is 0 Å². The Bertz CT molecular complexity index is 570. The lowest BCUT2D eigenvalue weighted by Gasteiger charge is -2.18. The lowest BCUT2D eigenvalue weighted by Crippen LogP contribution is -2.18. The van der Waals surface area contributed by atoms with Crippen LogP contribution in [-0.2, 0) is 13.7 Å². The van der Waals surface area contributed by atoms with E-state index in [-0.39, 0.29) is 6.04 Å². The van der Waals surface area contributed by atoms with Gasteiger partial charge < -0.3 is 14.6 Å². The summed E-state index contributed by atoms with van der Waals surface area (Å²) < 4.78 is 7.70. The van der Waals surface area contributed by atoms with Crippen LogP contribution in [0.25, 0.3) is 0 Å².